The fourth-order valence-corrected chi connectivity index (χ4v) is 4.06. The molecule has 3 aromatic rings. The first kappa shape index (κ1) is 15.6. The number of anilines is 1. The smallest absolute Gasteiger partial charge is 0.225 e. The Hall–Kier alpha value is -1.92. The van der Waals surface area contributed by atoms with Crippen LogP contribution in [0.4, 0.5) is 5.13 Å². The van der Waals surface area contributed by atoms with Crippen molar-refractivity contribution in [3.8, 4) is 11.6 Å². The summed E-state index contributed by atoms with van der Waals surface area (Å²) in [4.78, 5) is 12.6. The fraction of sp³-hybridized carbons (Fsp3) is 0.353. The van der Waals surface area contributed by atoms with Gasteiger partial charge in [-0.05, 0) is 36.6 Å². The number of halogens is 1. The van der Waals surface area contributed by atoms with E-state index >= 15 is 0 Å². The summed E-state index contributed by atoms with van der Waals surface area (Å²) in [6, 6.07) is 8.07. The lowest BCUT2D eigenvalue weighted by atomic mass is 9.96. The number of hydrogen-bond donors (Lipinski definition) is 1. The molecule has 1 saturated carbocycles. The first-order valence-corrected chi connectivity index (χ1v) is 9.29. The SMILES string of the molecule is Clc1nccc(Oc2ccc3nc(NC4CCCCC4)sc3c2)n1. The van der Waals surface area contributed by atoms with Crippen LogP contribution in [0.2, 0.25) is 5.28 Å². The van der Waals surface area contributed by atoms with Gasteiger partial charge in [-0.25, -0.2) is 9.97 Å². The molecule has 0 bridgehead atoms. The van der Waals surface area contributed by atoms with E-state index in [1.165, 1.54) is 32.1 Å². The number of hydrogen-bond acceptors (Lipinski definition) is 6. The van der Waals surface area contributed by atoms with Crippen molar-refractivity contribution in [2.24, 2.45) is 0 Å². The third kappa shape index (κ3) is 3.60. The van der Waals surface area contributed by atoms with Gasteiger partial charge in [0, 0.05) is 24.4 Å². The Balaban J connectivity index is 1.52. The molecule has 0 radical (unpaired) electrons. The maximum atomic E-state index is 5.78. The van der Waals surface area contributed by atoms with E-state index in [4.69, 9.17) is 16.3 Å². The van der Waals surface area contributed by atoms with Crippen LogP contribution < -0.4 is 10.1 Å². The molecule has 24 heavy (non-hydrogen) atoms. The van der Waals surface area contributed by atoms with E-state index in [1.807, 2.05) is 18.2 Å². The van der Waals surface area contributed by atoms with Crippen LogP contribution in [0.1, 0.15) is 32.1 Å². The molecular formula is C17H17ClN4OS. The van der Waals surface area contributed by atoms with Gasteiger partial charge in [0.25, 0.3) is 0 Å². The average molecular weight is 361 g/mol. The van der Waals surface area contributed by atoms with Gasteiger partial charge >= 0.3 is 0 Å². The zero-order chi connectivity index (χ0) is 16.4. The summed E-state index contributed by atoms with van der Waals surface area (Å²) < 4.78 is 6.84. The second kappa shape index (κ2) is 6.91. The minimum absolute atomic E-state index is 0.172. The third-order valence-corrected chi connectivity index (χ3v) is 5.25. The van der Waals surface area contributed by atoms with E-state index in [1.54, 1.807) is 23.6 Å². The van der Waals surface area contributed by atoms with Crippen LogP contribution in [0.25, 0.3) is 10.2 Å². The summed E-state index contributed by atoms with van der Waals surface area (Å²) in [5.41, 5.74) is 0.978. The van der Waals surface area contributed by atoms with Gasteiger partial charge in [0.2, 0.25) is 11.2 Å². The first-order chi connectivity index (χ1) is 11.8. The molecule has 1 aliphatic rings. The fourth-order valence-electron chi connectivity index (χ4n) is 2.95. The Labute approximate surface area is 149 Å². The van der Waals surface area contributed by atoms with Crippen LogP contribution in [-0.2, 0) is 0 Å². The number of benzene rings is 1. The second-order valence-electron chi connectivity index (χ2n) is 5.89. The number of thiazole rings is 1. The summed E-state index contributed by atoms with van der Waals surface area (Å²) in [6.45, 7) is 0. The highest BCUT2D eigenvalue weighted by atomic mass is 35.5. The highest BCUT2D eigenvalue weighted by Crippen LogP contribution is 2.32. The van der Waals surface area contributed by atoms with Crippen LogP contribution in [0.3, 0.4) is 0 Å². The van der Waals surface area contributed by atoms with Gasteiger partial charge in [0.05, 0.1) is 10.2 Å². The lowest BCUT2D eigenvalue weighted by molar-refractivity contribution is 0.462. The number of ether oxygens (including phenoxy) is 1. The van der Waals surface area contributed by atoms with Gasteiger partial charge in [-0.15, -0.1) is 0 Å². The molecule has 4 rings (SSSR count). The minimum Gasteiger partial charge on any atom is -0.439 e. The van der Waals surface area contributed by atoms with E-state index in [0.29, 0.717) is 17.7 Å². The van der Waals surface area contributed by atoms with E-state index in [9.17, 15) is 0 Å². The minimum atomic E-state index is 0.172. The molecule has 1 N–H and O–H groups in total. The molecule has 5 nitrogen and oxygen atoms in total. The highest BCUT2D eigenvalue weighted by Gasteiger charge is 2.15. The summed E-state index contributed by atoms with van der Waals surface area (Å²) in [6.07, 6.45) is 8.01. The predicted octanol–water partition coefficient (Wildman–Crippen LogP) is 5.28. The molecule has 2 aromatic heterocycles. The number of nitrogens with one attached hydrogen (secondary N) is 1. The highest BCUT2D eigenvalue weighted by molar-refractivity contribution is 7.22. The van der Waals surface area contributed by atoms with Gasteiger partial charge in [-0.3, -0.25) is 0 Å². The molecule has 124 valence electrons. The number of rotatable bonds is 4. The van der Waals surface area contributed by atoms with Crippen LogP contribution in [-0.4, -0.2) is 21.0 Å². The molecule has 0 atom stereocenters. The monoisotopic (exact) mass is 360 g/mol. The van der Waals surface area contributed by atoms with Gasteiger partial charge in [0.15, 0.2) is 5.13 Å². The molecule has 1 fully saturated rings. The van der Waals surface area contributed by atoms with Crippen molar-refractivity contribution in [3.63, 3.8) is 0 Å². The largest absolute Gasteiger partial charge is 0.439 e. The third-order valence-electron chi connectivity index (χ3n) is 4.12. The summed E-state index contributed by atoms with van der Waals surface area (Å²) in [5.74, 6) is 1.14. The van der Waals surface area contributed by atoms with Crippen molar-refractivity contribution in [1.82, 2.24) is 15.0 Å². The molecule has 0 aliphatic heterocycles. The summed E-state index contributed by atoms with van der Waals surface area (Å²) in [5, 5.41) is 4.73. The van der Waals surface area contributed by atoms with Gasteiger partial charge in [0.1, 0.15) is 5.75 Å². The number of nitrogens with zero attached hydrogens (tertiary/aromatic N) is 3. The van der Waals surface area contributed by atoms with Gasteiger partial charge in [-0.1, -0.05) is 30.6 Å². The zero-order valence-electron chi connectivity index (χ0n) is 13.0. The molecule has 2 heterocycles. The number of fused-ring (bicyclic) bond motifs is 1. The standard InChI is InChI=1S/C17H17ClN4OS/c18-16-19-9-8-15(22-16)23-12-6-7-13-14(10-12)24-17(21-13)20-11-4-2-1-3-5-11/h6-11H,1-5H2,(H,20,21). The van der Waals surface area contributed by atoms with Crippen molar-refractivity contribution >= 4 is 38.3 Å². The van der Waals surface area contributed by atoms with Crippen molar-refractivity contribution in [2.75, 3.05) is 5.32 Å². The zero-order valence-corrected chi connectivity index (χ0v) is 14.6. The molecule has 0 amide bonds. The first-order valence-electron chi connectivity index (χ1n) is 8.10. The Kier molecular flexibility index (Phi) is 4.49. The normalized spacial score (nSPS) is 15.5. The molecule has 1 aliphatic carbocycles. The van der Waals surface area contributed by atoms with Crippen LogP contribution in [0, 0.1) is 0 Å². The lowest BCUT2D eigenvalue weighted by Gasteiger charge is -2.22. The van der Waals surface area contributed by atoms with Crippen molar-refractivity contribution in [3.05, 3.63) is 35.7 Å². The molecule has 7 heteroatoms. The van der Waals surface area contributed by atoms with Gasteiger partial charge < -0.3 is 10.1 Å². The van der Waals surface area contributed by atoms with Crippen LogP contribution >= 0.6 is 22.9 Å². The van der Waals surface area contributed by atoms with E-state index in [0.717, 1.165) is 15.3 Å². The summed E-state index contributed by atoms with van der Waals surface area (Å²) in [7, 11) is 0. The molecular weight excluding hydrogens is 344 g/mol. The van der Waals surface area contributed by atoms with Crippen molar-refractivity contribution in [1.29, 1.82) is 0 Å². The lowest BCUT2D eigenvalue weighted by Crippen LogP contribution is -2.21. The number of aromatic nitrogens is 3. The van der Waals surface area contributed by atoms with E-state index < -0.39 is 0 Å². The van der Waals surface area contributed by atoms with Crippen molar-refractivity contribution < 1.29 is 4.74 Å². The maximum Gasteiger partial charge on any atom is 0.225 e. The maximum absolute atomic E-state index is 5.78. The Morgan fingerprint density at radius 1 is 1.12 bits per heavy atom. The molecule has 0 unspecified atom stereocenters. The Morgan fingerprint density at radius 3 is 2.83 bits per heavy atom. The van der Waals surface area contributed by atoms with E-state index in [2.05, 4.69) is 20.3 Å². The molecule has 0 saturated heterocycles. The topological polar surface area (TPSA) is 59.9 Å². The average Bonchev–Trinajstić information content (AvgIpc) is 2.97. The van der Waals surface area contributed by atoms with Crippen LogP contribution in [0.15, 0.2) is 30.5 Å². The quantitative estimate of drug-likeness (QED) is 0.641. The van der Waals surface area contributed by atoms with E-state index in [-0.39, 0.29) is 5.28 Å². The molecule has 0 spiro atoms. The van der Waals surface area contributed by atoms with Crippen molar-refractivity contribution in [2.45, 2.75) is 38.1 Å². The Morgan fingerprint density at radius 2 is 2.00 bits per heavy atom. The molecule has 1 aromatic carbocycles. The predicted molar refractivity (Wildman–Crippen MR) is 97.2 cm³/mol. The van der Waals surface area contributed by atoms with Crippen LogP contribution in [0.5, 0.6) is 11.6 Å². The second-order valence-corrected chi connectivity index (χ2v) is 7.26. The summed E-state index contributed by atoms with van der Waals surface area (Å²) >= 11 is 7.44. The Bertz CT molecular complexity index is 847. The van der Waals surface area contributed by atoms with Gasteiger partial charge in [-0.2, -0.15) is 4.98 Å².